The van der Waals surface area contributed by atoms with E-state index in [1.54, 1.807) is 16.7 Å². The van der Waals surface area contributed by atoms with Gasteiger partial charge in [-0.25, -0.2) is 0 Å². The van der Waals surface area contributed by atoms with Crippen molar-refractivity contribution in [3.8, 4) is 0 Å². The number of hydrogen-bond acceptors (Lipinski definition) is 3. The maximum absolute atomic E-state index is 12.1. The first-order valence-electron chi connectivity index (χ1n) is 6.22. The molecule has 0 fully saturated rings. The normalized spacial score (nSPS) is 10.2. The second-order valence-corrected chi connectivity index (χ2v) is 4.73. The first-order valence-corrected chi connectivity index (χ1v) is 6.63. The van der Waals surface area contributed by atoms with Crippen LogP contribution in [0.5, 0.6) is 0 Å². The highest BCUT2D eigenvalue weighted by molar-refractivity contribution is 7.71. The van der Waals surface area contributed by atoms with Crippen molar-refractivity contribution in [3.05, 3.63) is 58.6 Å². The van der Waals surface area contributed by atoms with Crippen LogP contribution in [0.4, 0.5) is 0 Å². The molecule has 104 valence electrons. The van der Waals surface area contributed by atoms with Crippen LogP contribution >= 0.6 is 12.2 Å². The van der Waals surface area contributed by atoms with Gasteiger partial charge in [-0.05, 0) is 30.8 Å². The number of aromatic nitrogens is 3. The Balaban J connectivity index is 2.10. The molecule has 0 unspecified atom stereocenters. The lowest BCUT2D eigenvalue weighted by Gasteiger charge is -2.08. The first kappa shape index (κ1) is 14.2. The first-order chi connectivity index (χ1) is 9.63. The third-order valence-electron chi connectivity index (χ3n) is 2.95. The van der Waals surface area contributed by atoms with Crippen LogP contribution < -0.4 is 5.32 Å². The van der Waals surface area contributed by atoms with Gasteiger partial charge < -0.3 is 5.32 Å². The van der Waals surface area contributed by atoms with Crippen LogP contribution in [-0.4, -0.2) is 20.7 Å². The van der Waals surface area contributed by atoms with Crippen LogP contribution in [0, 0.1) is 11.7 Å². The number of H-pyrrole nitrogens is 1. The molecule has 1 heterocycles. The molecular formula is C14H16N4OS. The van der Waals surface area contributed by atoms with Gasteiger partial charge in [-0.1, -0.05) is 24.3 Å². The lowest BCUT2D eigenvalue weighted by molar-refractivity contribution is 0.0949. The summed E-state index contributed by atoms with van der Waals surface area (Å²) < 4.78 is 2.31. The molecule has 0 aliphatic heterocycles. The van der Waals surface area contributed by atoms with E-state index in [2.05, 4.69) is 22.1 Å². The zero-order valence-corrected chi connectivity index (χ0v) is 12.0. The molecule has 0 aliphatic carbocycles. The Morgan fingerprint density at radius 1 is 1.55 bits per heavy atom. The molecule has 2 N–H and O–H groups in total. The fourth-order valence-electron chi connectivity index (χ4n) is 1.88. The predicted molar refractivity (Wildman–Crippen MR) is 80.0 cm³/mol. The maximum Gasteiger partial charge on any atom is 0.251 e. The second-order valence-electron chi connectivity index (χ2n) is 4.34. The highest BCUT2D eigenvalue weighted by Crippen LogP contribution is 2.07. The van der Waals surface area contributed by atoms with Gasteiger partial charge in [0.15, 0.2) is 10.6 Å². The topological polar surface area (TPSA) is 62.7 Å². The minimum atomic E-state index is -0.123. The molecule has 1 aromatic heterocycles. The Kier molecular flexibility index (Phi) is 4.47. The Morgan fingerprint density at radius 2 is 2.30 bits per heavy atom. The van der Waals surface area contributed by atoms with E-state index in [0.29, 0.717) is 29.2 Å². The highest BCUT2D eigenvalue weighted by Gasteiger charge is 2.10. The lowest BCUT2D eigenvalue weighted by Crippen LogP contribution is -2.25. The van der Waals surface area contributed by atoms with Crippen molar-refractivity contribution in [3.63, 3.8) is 0 Å². The van der Waals surface area contributed by atoms with Gasteiger partial charge in [0.2, 0.25) is 0 Å². The number of aryl methyl sites for hydroxylation is 1. The zero-order valence-electron chi connectivity index (χ0n) is 11.2. The molecule has 0 atom stereocenters. The molecule has 0 saturated carbocycles. The third kappa shape index (κ3) is 3.03. The zero-order chi connectivity index (χ0) is 14.5. The molecule has 2 aromatic rings. The maximum atomic E-state index is 12.1. The van der Waals surface area contributed by atoms with Gasteiger partial charge >= 0.3 is 0 Å². The molecule has 6 heteroatoms. The average molecular weight is 288 g/mol. The average Bonchev–Trinajstić information content (AvgIpc) is 2.78. The van der Waals surface area contributed by atoms with Crippen molar-refractivity contribution in [2.75, 3.05) is 0 Å². The van der Waals surface area contributed by atoms with Gasteiger partial charge in [-0.2, -0.15) is 5.10 Å². The number of nitrogens with zero attached hydrogens (tertiary/aromatic N) is 2. The molecule has 2 rings (SSSR count). The van der Waals surface area contributed by atoms with E-state index in [9.17, 15) is 4.79 Å². The largest absolute Gasteiger partial charge is 0.345 e. The van der Waals surface area contributed by atoms with Crippen LogP contribution in [-0.2, 0) is 13.1 Å². The highest BCUT2D eigenvalue weighted by atomic mass is 32.1. The number of allylic oxidation sites excluding steroid dienone is 1. The number of carbonyl (C=O) groups excluding carboxylic acids is 1. The Bertz CT molecular complexity index is 686. The van der Waals surface area contributed by atoms with Gasteiger partial charge in [0, 0.05) is 12.1 Å². The number of amides is 1. The van der Waals surface area contributed by atoms with E-state index in [4.69, 9.17) is 12.2 Å². The monoisotopic (exact) mass is 288 g/mol. The van der Waals surface area contributed by atoms with Crippen LogP contribution in [0.1, 0.15) is 21.7 Å². The van der Waals surface area contributed by atoms with E-state index < -0.39 is 0 Å². The molecule has 20 heavy (non-hydrogen) atoms. The Labute approximate surface area is 122 Å². The van der Waals surface area contributed by atoms with Gasteiger partial charge in [0.25, 0.3) is 5.91 Å². The number of nitrogens with one attached hydrogen (secondary N) is 2. The minimum Gasteiger partial charge on any atom is -0.345 e. The molecular weight excluding hydrogens is 272 g/mol. The van der Waals surface area contributed by atoms with Gasteiger partial charge in [0.1, 0.15) is 0 Å². The summed E-state index contributed by atoms with van der Waals surface area (Å²) in [5, 5.41) is 9.66. The van der Waals surface area contributed by atoms with E-state index in [1.807, 2.05) is 25.1 Å². The lowest BCUT2D eigenvalue weighted by atomic mass is 10.1. The van der Waals surface area contributed by atoms with E-state index in [1.165, 1.54) is 0 Å². The van der Waals surface area contributed by atoms with Crippen molar-refractivity contribution >= 4 is 18.1 Å². The summed E-state index contributed by atoms with van der Waals surface area (Å²) in [6, 6.07) is 7.45. The summed E-state index contributed by atoms with van der Waals surface area (Å²) in [4.78, 5) is 12.1. The summed E-state index contributed by atoms with van der Waals surface area (Å²) in [7, 11) is 0. The number of aromatic amines is 1. The van der Waals surface area contributed by atoms with E-state index in [-0.39, 0.29) is 5.91 Å². The van der Waals surface area contributed by atoms with E-state index >= 15 is 0 Å². The van der Waals surface area contributed by atoms with E-state index in [0.717, 1.165) is 5.56 Å². The Morgan fingerprint density at radius 3 is 3.00 bits per heavy atom. The smallest absolute Gasteiger partial charge is 0.251 e. The predicted octanol–water partition coefficient (Wildman–Crippen LogP) is 2.37. The van der Waals surface area contributed by atoms with Crippen LogP contribution in [0.2, 0.25) is 0 Å². The SMILES string of the molecule is C=CCn1c(CNC(=O)c2ccccc2C)n[nH]c1=S. The van der Waals surface area contributed by atoms with Crippen molar-refractivity contribution < 1.29 is 4.79 Å². The van der Waals surface area contributed by atoms with Crippen molar-refractivity contribution in [1.29, 1.82) is 0 Å². The van der Waals surface area contributed by atoms with Crippen molar-refractivity contribution in [2.45, 2.75) is 20.0 Å². The van der Waals surface area contributed by atoms with Gasteiger partial charge in [-0.3, -0.25) is 14.5 Å². The molecule has 1 aromatic carbocycles. The standard InChI is InChI=1S/C14H16N4OS/c1-3-8-18-12(16-17-14(18)20)9-15-13(19)11-7-5-4-6-10(11)2/h3-7H,1,8-9H2,2H3,(H,15,19)(H,17,20). The molecule has 0 saturated heterocycles. The second kappa shape index (κ2) is 6.29. The molecule has 0 aliphatic rings. The molecule has 0 spiro atoms. The van der Waals surface area contributed by atoms with Gasteiger partial charge in [-0.15, -0.1) is 6.58 Å². The summed E-state index contributed by atoms with van der Waals surface area (Å²) in [5.74, 6) is 0.555. The van der Waals surface area contributed by atoms with Gasteiger partial charge in [0.05, 0.1) is 6.54 Å². The third-order valence-corrected chi connectivity index (χ3v) is 3.26. The summed E-state index contributed by atoms with van der Waals surface area (Å²) in [6.45, 7) is 6.46. The minimum absolute atomic E-state index is 0.123. The molecule has 5 nitrogen and oxygen atoms in total. The number of rotatable bonds is 5. The Hall–Kier alpha value is -2.21. The number of hydrogen-bond donors (Lipinski definition) is 2. The van der Waals surface area contributed by atoms with Crippen molar-refractivity contribution in [1.82, 2.24) is 20.1 Å². The van der Waals surface area contributed by atoms with Crippen LogP contribution in [0.3, 0.4) is 0 Å². The number of benzene rings is 1. The molecule has 1 amide bonds. The fourth-order valence-corrected chi connectivity index (χ4v) is 2.11. The molecule has 0 radical (unpaired) electrons. The molecule has 0 bridgehead atoms. The fraction of sp³-hybridized carbons (Fsp3) is 0.214. The van der Waals surface area contributed by atoms with Crippen molar-refractivity contribution in [2.24, 2.45) is 0 Å². The van der Waals surface area contributed by atoms with Crippen LogP contribution in [0.15, 0.2) is 36.9 Å². The summed E-state index contributed by atoms with van der Waals surface area (Å²) in [6.07, 6.45) is 1.73. The quantitative estimate of drug-likeness (QED) is 0.656. The number of carbonyl (C=O) groups is 1. The summed E-state index contributed by atoms with van der Waals surface area (Å²) >= 11 is 5.12. The summed E-state index contributed by atoms with van der Waals surface area (Å²) in [5.41, 5.74) is 1.60. The van der Waals surface area contributed by atoms with Crippen LogP contribution in [0.25, 0.3) is 0 Å².